The Kier molecular flexibility index (Phi) is 4.75. The summed E-state index contributed by atoms with van der Waals surface area (Å²) in [7, 11) is 1.65. The lowest BCUT2D eigenvalue weighted by Crippen LogP contribution is -2.25. The minimum absolute atomic E-state index is 0.0668. The van der Waals surface area contributed by atoms with Crippen LogP contribution >= 0.6 is 0 Å². The van der Waals surface area contributed by atoms with Crippen LogP contribution in [0.1, 0.15) is 24.4 Å². The fourth-order valence-corrected chi connectivity index (χ4v) is 1.93. The van der Waals surface area contributed by atoms with Gasteiger partial charge in [0.15, 0.2) is 5.82 Å². The number of ether oxygens (including phenoxy) is 1. The lowest BCUT2D eigenvalue weighted by atomic mass is 10.2. The zero-order chi connectivity index (χ0) is 14.5. The van der Waals surface area contributed by atoms with Gasteiger partial charge < -0.3 is 10.1 Å². The lowest BCUT2D eigenvalue weighted by Gasteiger charge is -2.14. The van der Waals surface area contributed by atoms with Crippen molar-refractivity contribution < 1.29 is 9.13 Å². The topological polar surface area (TPSA) is 64.9 Å². The number of methoxy groups -OCH3 is 1. The van der Waals surface area contributed by atoms with Gasteiger partial charge in [-0.15, -0.1) is 5.10 Å². The van der Waals surface area contributed by atoms with Gasteiger partial charge in [-0.2, -0.15) is 4.68 Å². The molecule has 7 heteroatoms. The van der Waals surface area contributed by atoms with E-state index in [1.54, 1.807) is 30.8 Å². The summed E-state index contributed by atoms with van der Waals surface area (Å²) in [6.45, 7) is 4.95. The highest BCUT2D eigenvalue weighted by atomic mass is 19.1. The van der Waals surface area contributed by atoms with Gasteiger partial charge in [-0.05, 0) is 36.4 Å². The molecule has 0 saturated heterocycles. The molecular weight excluding hydrogens is 261 g/mol. The summed E-state index contributed by atoms with van der Waals surface area (Å²) < 4.78 is 20.2. The molecule has 6 nitrogen and oxygen atoms in total. The largest absolute Gasteiger partial charge is 0.383 e. The van der Waals surface area contributed by atoms with Gasteiger partial charge in [0.1, 0.15) is 5.82 Å². The van der Waals surface area contributed by atoms with Gasteiger partial charge >= 0.3 is 0 Å². The van der Waals surface area contributed by atoms with Gasteiger partial charge in [-0.25, -0.2) is 4.39 Å². The second-order valence-corrected chi connectivity index (χ2v) is 4.50. The second kappa shape index (κ2) is 6.53. The van der Waals surface area contributed by atoms with Crippen LogP contribution in [-0.2, 0) is 4.74 Å². The van der Waals surface area contributed by atoms with Crippen molar-refractivity contribution in [3.63, 3.8) is 0 Å². The Morgan fingerprint density at radius 3 is 3.00 bits per heavy atom. The molecule has 0 fully saturated rings. The molecule has 0 saturated carbocycles. The fourth-order valence-electron chi connectivity index (χ4n) is 1.93. The van der Waals surface area contributed by atoms with E-state index in [-0.39, 0.29) is 11.9 Å². The van der Waals surface area contributed by atoms with Gasteiger partial charge in [0.2, 0.25) is 0 Å². The molecule has 0 aliphatic heterocycles. The molecule has 1 atom stereocenters. The van der Waals surface area contributed by atoms with E-state index in [4.69, 9.17) is 4.74 Å². The first kappa shape index (κ1) is 14.5. The average Bonchev–Trinajstić information content (AvgIpc) is 2.91. The number of hydrogen-bond donors (Lipinski definition) is 1. The lowest BCUT2D eigenvalue weighted by molar-refractivity contribution is 0.196. The van der Waals surface area contributed by atoms with Crippen LogP contribution in [0.4, 0.5) is 4.39 Å². The van der Waals surface area contributed by atoms with Crippen LogP contribution in [0, 0.1) is 12.7 Å². The third-order valence-corrected chi connectivity index (χ3v) is 3.10. The predicted molar refractivity (Wildman–Crippen MR) is 72.1 cm³/mol. The van der Waals surface area contributed by atoms with E-state index >= 15 is 0 Å². The second-order valence-electron chi connectivity index (χ2n) is 4.50. The molecule has 0 aliphatic carbocycles. The van der Waals surface area contributed by atoms with Crippen molar-refractivity contribution >= 4 is 0 Å². The van der Waals surface area contributed by atoms with Crippen LogP contribution in [-0.4, -0.2) is 40.5 Å². The molecule has 1 heterocycles. The van der Waals surface area contributed by atoms with Crippen molar-refractivity contribution in [1.29, 1.82) is 0 Å². The SMILES string of the molecule is COCCNC(C)c1nnnn1-c1cccc(F)c1C. The van der Waals surface area contributed by atoms with Gasteiger partial charge in [0.25, 0.3) is 0 Å². The Hall–Kier alpha value is -1.86. The predicted octanol–water partition coefficient (Wildman–Crippen LogP) is 1.41. The molecule has 0 spiro atoms. The first-order chi connectivity index (χ1) is 9.65. The number of nitrogens with one attached hydrogen (secondary N) is 1. The molecule has 0 amide bonds. The monoisotopic (exact) mass is 279 g/mol. The van der Waals surface area contributed by atoms with Gasteiger partial charge in [0.05, 0.1) is 18.3 Å². The molecule has 2 aromatic rings. The maximum Gasteiger partial charge on any atom is 0.173 e. The van der Waals surface area contributed by atoms with E-state index in [2.05, 4.69) is 20.8 Å². The average molecular weight is 279 g/mol. The van der Waals surface area contributed by atoms with Crippen molar-refractivity contribution in [2.45, 2.75) is 19.9 Å². The molecule has 0 radical (unpaired) electrons. The highest BCUT2D eigenvalue weighted by Gasteiger charge is 2.17. The van der Waals surface area contributed by atoms with Crippen molar-refractivity contribution in [3.8, 4) is 5.69 Å². The van der Waals surface area contributed by atoms with E-state index in [1.807, 2.05) is 6.92 Å². The highest BCUT2D eigenvalue weighted by Crippen LogP contribution is 2.19. The molecule has 0 bridgehead atoms. The Labute approximate surface area is 116 Å². The van der Waals surface area contributed by atoms with E-state index in [0.717, 1.165) is 0 Å². The van der Waals surface area contributed by atoms with Crippen molar-refractivity contribution in [2.24, 2.45) is 0 Å². The Morgan fingerprint density at radius 2 is 2.25 bits per heavy atom. The number of benzene rings is 1. The van der Waals surface area contributed by atoms with Crippen molar-refractivity contribution in [2.75, 3.05) is 20.3 Å². The number of tetrazole rings is 1. The van der Waals surface area contributed by atoms with Crippen molar-refractivity contribution in [1.82, 2.24) is 25.5 Å². The molecule has 1 unspecified atom stereocenters. The molecule has 108 valence electrons. The quantitative estimate of drug-likeness (QED) is 0.810. The molecule has 0 aliphatic rings. The third-order valence-electron chi connectivity index (χ3n) is 3.10. The molecule has 1 aromatic heterocycles. The Bertz CT molecular complexity index is 572. The molecular formula is C13H18FN5O. The standard InChI is InChI=1S/C13H18FN5O/c1-9-11(14)5-4-6-12(9)19-13(16-17-18-19)10(2)15-7-8-20-3/h4-6,10,15H,7-8H2,1-3H3. The third kappa shape index (κ3) is 3.00. The summed E-state index contributed by atoms with van der Waals surface area (Å²) in [5.74, 6) is 0.360. The van der Waals surface area contributed by atoms with Crippen LogP contribution in [0.2, 0.25) is 0 Å². The summed E-state index contributed by atoms with van der Waals surface area (Å²) in [5.41, 5.74) is 1.16. The Morgan fingerprint density at radius 1 is 1.45 bits per heavy atom. The first-order valence-electron chi connectivity index (χ1n) is 6.41. The van der Waals surface area contributed by atoms with E-state index in [1.165, 1.54) is 6.07 Å². The Balaban J connectivity index is 2.26. The normalized spacial score (nSPS) is 12.6. The zero-order valence-corrected chi connectivity index (χ0v) is 11.8. The zero-order valence-electron chi connectivity index (χ0n) is 11.8. The smallest absolute Gasteiger partial charge is 0.173 e. The van der Waals surface area contributed by atoms with Gasteiger partial charge in [-0.3, -0.25) is 0 Å². The molecule has 1 N–H and O–H groups in total. The number of nitrogens with zero attached hydrogens (tertiary/aromatic N) is 4. The maximum absolute atomic E-state index is 13.6. The number of hydrogen-bond acceptors (Lipinski definition) is 5. The summed E-state index contributed by atoms with van der Waals surface area (Å²) in [4.78, 5) is 0. The number of halogens is 1. The number of aromatic nitrogens is 4. The van der Waals surface area contributed by atoms with E-state index < -0.39 is 0 Å². The van der Waals surface area contributed by atoms with Crippen LogP contribution in [0.25, 0.3) is 5.69 Å². The van der Waals surface area contributed by atoms with Gasteiger partial charge in [-0.1, -0.05) is 6.07 Å². The first-order valence-corrected chi connectivity index (χ1v) is 6.41. The minimum atomic E-state index is -0.274. The summed E-state index contributed by atoms with van der Waals surface area (Å²) in [6.07, 6.45) is 0. The maximum atomic E-state index is 13.6. The van der Waals surface area contributed by atoms with E-state index in [9.17, 15) is 4.39 Å². The molecule has 1 aromatic carbocycles. The van der Waals surface area contributed by atoms with Crippen LogP contribution in [0.3, 0.4) is 0 Å². The number of rotatable bonds is 6. The van der Waals surface area contributed by atoms with Crippen LogP contribution < -0.4 is 5.32 Å². The molecule has 2 rings (SSSR count). The van der Waals surface area contributed by atoms with Crippen LogP contribution in [0.15, 0.2) is 18.2 Å². The van der Waals surface area contributed by atoms with E-state index in [0.29, 0.717) is 30.2 Å². The summed E-state index contributed by atoms with van der Waals surface area (Å²) in [6, 6.07) is 4.79. The summed E-state index contributed by atoms with van der Waals surface area (Å²) >= 11 is 0. The highest BCUT2D eigenvalue weighted by molar-refractivity contribution is 5.40. The summed E-state index contributed by atoms with van der Waals surface area (Å²) in [5, 5.41) is 14.9. The molecule has 20 heavy (non-hydrogen) atoms. The van der Waals surface area contributed by atoms with Gasteiger partial charge in [0, 0.05) is 19.2 Å². The fraction of sp³-hybridized carbons (Fsp3) is 0.462. The van der Waals surface area contributed by atoms with Crippen molar-refractivity contribution in [3.05, 3.63) is 35.4 Å². The van der Waals surface area contributed by atoms with Crippen LogP contribution in [0.5, 0.6) is 0 Å². The minimum Gasteiger partial charge on any atom is -0.383 e.